The third-order valence-corrected chi connectivity index (χ3v) is 3.60. The molecule has 0 fully saturated rings. The zero-order valence-corrected chi connectivity index (χ0v) is 14.3. The second-order valence-corrected chi connectivity index (χ2v) is 5.78. The molecular weight excluding hydrogens is 540 g/mol. The smallest absolute Gasteiger partial charge is 0.439 e. The highest BCUT2D eigenvalue weighted by atomic mass is 19.4. The van der Waals surface area contributed by atoms with E-state index in [9.17, 15) is 87.8 Å². The summed E-state index contributed by atoms with van der Waals surface area (Å²) in [5, 5.41) is 0. The van der Waals surface area contributed by atoms with Gasteiger partial charge in [0.05, 0.1) is 6.26 Å². The third kappa shape index (κ3) is 4.01. The monoisotopic (exact) mass is 544 g/mol. The molecule has 0 aromatic heterocycles. The zero-order valence-electron chi connectivity index (χ0n) is 14.3. The molecule has 33 heavy (non-hydrogen) atoms. The van der Waals surface area contributed by atoms with E-state index >= 15 is 0 Å². The van der Waals surface area contributed by atoms with Gasteiger partial charge in [-0.25, -0.2) is 4.39 Å². The lowest BCUT2D eigenvalue weighted by molar-refractivity contribution is -0.466. The fourth-order valence-electron chi connectivity index (χ4n) is 1.72. The van der Waals surface area contributed by atoms with Crippen LogP contribution in [-0.2, 0) is 4.74 Å². The van der Waals surface area contributed by atoms with Crippen LogP contribution in [0.3, 0.4) is 0 Å². The predicted molar refractivity (Wildman–Crippen MR) is 61.8 cm³/mol. The number of ether oxygens (including phenoxy) is 1. The maximum atomic E-state index is 13.3. The van der Waals surface area contributed by atoms with Gasteiger partial charge in [0.1, 0.15) is 0 Å². The van der Waals surface area contributed by atoms with Gasteiger partial charge in [-0.15, -0.1) is 0 Å². The Bertz CT molecular complexity index is 717. The average molecular weight is 544 g/mol. The molecule has 198 valence electrons. The summed E-state index contributed by atoms with van der Waals surface area (Å²) in [4.78, 5) is 0. The molecule has 0 bridgehead atoms. The number of alkyl halides is 20. The lowest BCUT2D eigenvalue weighted by Crippen LogP contribution is -2.75. The van der Waals surface area contributed by atoms with Crippen molar-refractivity contribution in [1.82, 2.24) is 0 Å². The van der Waals surface area contributed by atoms with Crippen molar-refractivity contribution in [2.24, 2.45) is 0 Å². The lowest BCUT2D eigenvalue weighted by Gasteiger charge is -2.43. The second-order valence-electron chi connectivity index (χ2n) is 5.78. The molecule has 0 aromatic carbocycles. The SMILES string of the molecule is C=COC(F)(F)C(F)C(F)(F)C(F)(F)C(F)(F)C(F)(F)C(F)(F)C(F)(F)C(F)(F)C(F)(F)F. The van der Waals surface area contributed by atoms with Gasteiger partial charge in [-0.05, 0) is 0 Å². The van der Waals surface area contributed by atoms with E-state index in [4.69, 9.17) is 0 Å². The van der Waals surface area contributed by atoms with E-state index < -0.39 is 66.2 Å². The van der Waals surface area contributed by atoms with Gasteiger partial charge in [0.2, 0.25) is 0 Å². The summed E-state index contributed by atoms with van der Waals surface area (Å²) in [6, 6.07) is 0. The summed E-state index contributed by atoms with van der Waals surface area (Å²) >= 11 is 0. The fourth-order valence-corrected chi connectivity index (χ4v) is 1.72. The highest BCUT2D eigenvalue weighted by Gasteiger charge is 2.96. The number of rotatable bonds is 10. The van der Waals surface area contributed by atoms with Gasteiger partial charge in [0.25, 0.3) is 6.17 Å². The molecule has 0 aliphatic carbocycles. The molecule has 0 rings (SSSR count). The minimum absolute atomic E-state index is 0.707. The third-order valence-electron chi connectivity index (χ3n) is 3.60. The molecule has 0 spiro atoms. The molecule has 0 aliphatic rings. The molecule has 0 N–H and O–H groups in total. The first kappa shape index (κ1) is 31.1. The van der Waals surface area contributed by atoms with Crippen LogP contribution in [0.25, 0.3) is 0 Å². The number of halogens is 20. The quantitative estimate of drug-likeness (QED) is 0.211. The lowest BCUT2D eigenvalue weighted by atomic mass is 9.88. The van der Waals surface area contributed by atoms with E-state index in [1.807, 2.05) is 0 Å². The minimum atomic E-state index is -9.00. The van der Waals surface area contributed by atoms with Crippen molar-refractivity contribution in [3.05, 3.63) is 12.8 Å². The van der Waals surface area contributed by atoms with Crippen LogP contribution in [0.2, 0.25) is 0 Å². The molecule has 21 heteroatoms. The van der Waals surface area contributed by atoms with Gasteiger partial charge in [0, 0.05) is 0 Å². The first-order valence-corrected chi connectivity index (χ1v) is 6.98. The first-order valence-electron chi connectivity index (χ1n) is 6.98. The molecule has 0 aliphatic heterocycles. The summed E-state index contributed by atoms with van der Waals surface area (Å²) in [7, 11) is 0. The van der Waals surface area contributed by atoms with Crippen LogP contribution < -0.4 is 0 Å². The van der Waals surface area contributed by atoms with Crippen LogP contribution >= 0.6 is 0 Å². The van der Waals surface area contributed by atoms with Crippen molar-refractivity contribution in [3.63, 3.8) is 0 Å². The Hall–Kier alpha value is -1.86. The molecule has 1 unspecified atom stereocenters. The standard InChI is InChI=1S/C12H4F20O/c1-2-33-5(16,17)3(13)4(14,15)6(18,19)7(20,21)8(22,23)9(24,25)10(26,27)11(28,29)12(30,31)32/h2-3H,1H2. The van der Waals surface area contributed by atoms with E-state index in [0.29, 0.717) is 0 Å². The van der Waals surface area contributed by atoms with Crippen molar-refractivity contribution in [3.8, 4) is 0 Å². The Balaban J connectivity index is 6.86. The minimum Gasteiger partial charge on any atom is -0.439 e. The fraction of sp³-hybridized carbons (Fsp3) is 0.833. The molecule has 0 amide bonds. The Morgan fingerprint density at radius 2 is 0.758 bits per heavy atom. The van der Waals surface area contributed by atoms with Gasteiger partial charge in [-0.1, -0.05) is 6.58 Å². The van der Waals surface area contributed by atoms with Gasteiger partial charge in [-0.3, -0.25) is 0 Å². The van der Waals surface area contributed by atoms with Crippen LogP contribution in [0, 0.1) is 0 Å². The highest BCUT2D eigenvalue weighted by molar-refractivity contribution is 5.16. The summed E-state index contributed by atoms with van der Waals surface area (Å²) in [5.41, 5.74) is 0. The van der Waals surface area contributed by atoms with E-state index in [0.717, 1.165) is 0 Å². The Labute approximate surface area is 166 Å². The number of hydrogen-bond donors (Lipinski definition) is 0. The maximum absolute atomic E-state index is 13.3. The Morgan fingerprint density at radius 3 is 1.03 bits per heavy atom. The summed E-state index contributed by atoms with van der Waals surface area (Å²) < 4.78 is 261. The molecule has 1 nitrogen and oxygen atoms in total. The summed E-state index contributed by atoms with van der Waals surface area (Å²) in [6.45, 7) is 2.15. The molecule has 0 heterocycles. The van der Waals surface area contributed by atoms with Crippen molar-refractivity contribution in [2.45, 2.75) is 59.9 Å². The molecule has 0 aromatic rings. The highest BCUT2D eigenvalue weighted by Crippen LogP contribution is 2.64. The topological polar surface area (TPSA) is 9.23 Å². The van der Waals surface area contributed by atoms with E-state index in [-0.39, 0.29) is 0 Å². The van der Waals surface area contributed by atoms with Crippen LogP contribution in [0.15, 0.2) is 12.8 Å². The van der Waals surface area contributed by atoms with Gasteiger partial charge >= 0.3 is 53.7 Å². The van der Waals surface area contributed by atoms with Crippen LogP contribution in [-0.4, -0.2) is 59.9 Å². The summed E-state index contributed by atoms with van der Waals surface area (Å²) in [5.74, 6) is -60.5. The number of hydrogen-bond acceptors (Lipinski definition) is 1. The van der Waals surface area contributed by atoms with E-state index in [1.165, 1.54) is 0 Å². The second kappa shape index (κ2) is 7.84. The molecule has 0 saturated heterocycles. The van der Waals surface area contributed by atoms with Crippen LogP contribution in [0.4, 0.5) is 87.8 Å². The van der Waals surface area contributed by atoms with Gasteiger partial charge in [-0.2, -0.15) is 83.4 Å². The van der Waals surface area contributed by atoms with Crippen LogP contribution in [0.5, 0.6) is 0 Å². The zero-order chi connectivity index (χ0) is 27.5. The normalized spacial score (nSPS) is 17.1. The largest absolute Gasteiger partial charge is 0.460 e. The van der Waals surface area contributed by atoms with Gasteiger partial charge < -0.3 is 4.74 Å². The Morgan fingerprint density at radius 1 is 0.485 bits per heavy atom. The average Bonchev–Trinajstić information content (AvgIpc) is 2.58. The van der Waals surface area contributed by atoms with Gasteiger partial charge in [0.15, 0.2) is 0 Å². The Kier molecular flexibility index (Phi) is 7.40. The summed E-state index contributed by atoms with van der Waals surface area (Å²) in [6.07, 6.45) is -21.2. The van der Waals surface area contributed by atoms with Crippen molar-refractivity contribution >= 4 is 0 Å². The van der Waals surface area contributed by atoms with Crippen molar-refractivity contribution < 1.29 is 92.5 Å². The van der Waals surface area contributed by atoms with E-state index in [1.54, 1.807) is 0 Å². The van der Waals surface area contributed by atoms with Crippen LogP contribution in [0.1, 0.15) is 0 Å². The predicted octanol–water partition coefficient (Wildman–Crippen LogP) is 7.09. The first-order chi connectivity index (χ1) is 14.0. The molecular formula is C12H4F20O. The van der Waals surface area contributed by atoms with E-state index in [2.05, 4.69) is 11.3 Å². The molecule has 1 atom stereocenters. The molecule has 0 radical (unpaired) electrons. The maximum Gasteiger partial charge on any atom is 0.460 e. The molecule has 0 saturated carbocycles. The van der Waals surface area contributed by atoms with Crippen molar-refractivity contribution in [2.75, 3.05) is 0 Å². The van der Waals surface area contributed by atoms with Crippen molar-refractivity contribution in [1.29, 1.82) is 0 Å².